The van der Waals surface area contributed by atoms with Crippen molar-refractivity contribution in [3.8, 4) is 5.75 Å². The zero-order valence-electron chi connectivity index (χ0n) is 11.6. The molecular formula is C16H22ClNO. The van der Waals surface area contributed by atoms with Gasteiger partial charge in [0.25, 0.3) is 0 Å². The van der Waals surface area contributed by atoms with Crippen LogP contribution < -0.4 is 4.74 Å². The first-order chi connectivity index (χ1) is 9.22. The molecule has 0 saturated carbocycles. The van der Waals surface area contributed by atoms with Crippen LogP contribution in [0.4, 0.5) is 0 Å². The molecule has 2 heterocycles. The fraction of sp³-hybridized carbons (Fsp3) is 0.625. The van der Waals surface area contributed by atoms with Gasteiger partial charge in [0.15, 0.2) is 0 Å². The van der Waals surface area contributed by atoms with Crippen LogP contribution in [0, 0.1) is 5.92 Å². The minimum Gasteiger partial charge on any atom is -0.493 e. The van der Waals surface area contributed by atoms with E-state index in [1.807, 2.05) is 0 Å². The van der Waals surface area contributed by atoms with Gasteiger partial charge in [0.05, 0.1) is 6.61 Å². The minimum atomic E-state index is 0.369. The van der Waals surface area contributed by atoms with E-state index >= 15 is 0 Å². The predicted octanol–water partition coefficient (Wildman–Crippen LogP) is 3.11. The fourth-order valence-corrected chi connectivity index (χ4v) is 3.27. The average Bonchev–Trinajstić information content (AvgIpc) is 2.87. The molecule has 0 amide bonds. The van der Waals surface area contributed by atoms with Gasteiger partial charge in [0.1, 0.15) is 5.75 Å². The number of fused-ring (bicyclic) bond motifs is 1. The second-order valence-electron chi connectivity index (χ2n) is 5.87. The third-order valence-corrected chi connectivity index (χ3v) is 5.00. The quantitative estimate of drug-likeness (QED) is 0.789. The smallest absolute Gasteiger partial charge is 0.122 e. The molecule has 1 aromatic carbocycles. The van der Waals surface area contributed by atoms with Gasteiger partial charge in [-0.15, -0.1) is 11.6 Å². The minimum absolute atomic E-state index is 0.369. The third kappa shape index (κ3) is 3.06. The highest BCUT2D eigenvalue weighted by Gasteiger charge is 2.23. The second kappa shape index (κ2) is 5.72. The summed E-state index contributed by atoms with van der Waals surface area (Å²) in [4.78, 5) is 2.55. The van der Waals surface area contributed by atoms with E-state index in [0.717, 1.165) is 51.3 Å². The molecule has 2 nitrogen and oxygen atoms in total. The van der Waals surface area contributed by atoms with E-state index in [2.05, 4.69) is 30.0 Å². The van der Waals surface area contributed by atoms with Gasteiger partial charge in [-0.05, 0) is 42.5 Å². The van der Waals surface area contributed by atoms with Crippen molar-refractivity contribution in [1.82, 2.24) is 4.90 Å². The number of benzene rings is 1. The largest absolute Gasteiger partial charge is 0.493 e. The topological polar surface area (TPSA) is 12.5 Å². The van der Waals surface area contributed by atoms with Crippen LogP contribution in [-0.4, -0.2) is 36.5 Å². The van der Waals surface area contributed by atoms with Crippen molar-refractivity contribution in [2.45, 2.75) is 31.6 Å². The predicted molar refractivity (Wildman–Crippen MR) is 79.2 cm³/mol. The van der Waals surface area contributed by atoms with Gasteiger partial charge < -0.3 is 9.64 Å². The van der Waals surface area contributed by atoms with Crippen molar-refractivity contribution in [1.29, 1.82) is 0 Å². The summed E-state index contributed by atoms with van der Waals surface area (Å²) >= 11 is 6.27. The van der Waals surface area contributed by atoms with E-state index in [0.29, 0.717) is 11.3 Å². The number of alkyl halides is 1. The Morgan fingerprint density at radius 2 is 2.32 bits per heavy atom. The molecule has 19 heavy (non-hydrogen) atoms. The van der Waals surface area contributed by atoms with Crippen LogP contribution in [0.25, 0.3) is 0 Å². The number of hydrogen-bond donors (Lipinski definition) is 0. The molecule has 2 unspecified atom stereocenters. The number of ether oxygens (including phenoxy) is 1. The van der Waals surface area contributed by atoms with Crippen molar-refractivity contribution in [2.24, 2.45) is 5.92 Å². The molecule has 2 aliphatic heterocycles. The lowest BCUT2D eigenvalue weighted by molar-refractivity contribution is 0.189. The molecule has 2 aliphatic rings. The zero-order valence-corrected chi connectivity index (χ0v) is 12.3. The maximum atomic E-state index is 6.27. The molecule has 0 bridgehead atoms. The fourth-order valence-electron chi connectivity index (χ4n) is 3.09. The van der Waals surface area contributed by atoms with Gasteiger partial charge in [0, 0.05) is 24.9 Å². The maximum absolute atomic E-state index is 6.27. The van der Waals surface area contributed by atoms with Gasteiger partial charge >= 0.3 is 0 Å². The molecule has 0 radical (unpaired) electrons. The number of piperidine rings is 1. The SMILES string of the molecule is CC1CN(CCc2ccc3c(c2)CCO3)CCC1Cl. The summed E-state index contributed by atoms with van der Waals surface area (Å²) in [6.45, 7) is 6.54. The second-order valence-corrected chi connectivity index (χ2v) is 6.43. The van der Waals surface area contributed by atoms with Gasteiger partial charge in [-0.3, -0.25) is 0 Å². The van der Waals surface area contributed by atoms with Crippen LogP contribution >= 0.6 is 11.6 Å². The number of rotatable bonds is 3. The summed E-state index contributed by atoms with van der Waals surface area (Å²) in [7, 11) is 0. The van der Waals surface area contributed by atoms with E-state index in [-0.39, 0.29) is 0 Å². The van der Waals surface area contributed by atoms with E-state index in [4.69, 9.17) is 16.3 Å². The summed E-state index contributed by atoms with van der Waals surface area (Å²) in [6, 6.07) is 6.66. The van der Waals surface area contributed by atoms with Crippen molar-refractivity contribution in [3.63, 3.8) is 0 Å². The van der Waals surface area contributed by atoms with Crippen LogP contribution in [0.1, 0.15) is 24.5 Å². The van der Waals surface area contributed by atoms with Crippen LogP contribution in [0.15, 0.2) is 18.2 Å². The number of likely N-dealkylation sites (tertiary alicyclic amines) is 1. The molecule has 1 aromatic rings. The lowest BCUT2D eigenvalue weighted by atomic mass is 9.99. The van der Waals surface area contributed by atoms with Gasteiger partial charge in [-0.2, -0.15) is 0 Å². The Morgan fingerprint density at radius 1 is 1.42 bits per heavy atom. The highest BCUT2D eigenvalue weighted by atomic mass is 35.5. The standard InChI is InChI=1S/C16H22ClNO/c1-12-11-18(8-5-15(12)17)7-4-13-2-3-16-14(10-13)6-9-19-16/h2-3,10,12,15H,4-9,11H2,1H3. The summed E-state index contributed by atoms with van der Waals surface area (Å²) in [5.74, 6) is 1.70. The normalized spacial score (nSPS) is 27.1. The average molecular weight is 280 g/mol. The van der Waals surface area contributed by atoms with E-state index in [1.165, 1.54) is 11.1 Å². The first-order valence-corrected chi connectivity index (χ1v) is 7.77. The lowest BCUT2D eigenvalue weighted by Crippen LogP contribution is -2.40. The molecule has 1 fully saturated rings. The summed E-state index contributed by atoms with van der Waals surface area (Å²) in [5, 5.41) is 0.369. The molecule has 1 saturated heterocycles. The van der Waals surface area contributed by atoms with Gasteiger partial charge in [0.2, 0.25) is 0 Å². The Morgan fingerprint density at radius 3 is 3.16 bits per heavy atom. The Bertz CT molecular complexity index is 448. The third-order valence-electron chi connectivity index (χ3n) is 4.36. The van der Waals surface area contributed by atoms with E-state index < -0.39 is 0 Å². The first-order valence-electron chi connectivity index (χ1n) is 7.33. The van der Waals surface area contributed by atoms with Crippen molar-refractivity contribution in [3.05, 3.63) is 29.3 Å². The molecular weight excluding hydrogens is 258 g/mol. The molecule has 104 valence electrons. The molecule has 0 aromatic heterocycles. The molecule has 3 rings (SSSR count). The Kier molecular flexibility index (Phi) is 3.99. The molecule has 0 spiro atoms. The first kappa shape index (κ1) is 13.3. The van der Waals surface area contributed by atoms with Gasteiger partial charge in [-0.1, -0.05) is 19.1 Å². The summed E-state index contributed by atoms with van der Waals surface area (Å²) < 4.78 is 5.55. The molecule has 3 heteroatoms. The highest BCUT2D eigenvalue weighted by molar-refractivity contribution is 6.20. The number of hydrogen-bond acceptors (Lipinski definition) is 2. The monoisotopic (exact) mass is 279 g/mol. The zero-order chi connectivity index (χ0) is 13.2. The lowest BCUT2D eigenvalue weighted by Gasteiger charge is -2.34. The van der Waals surface area contributed by atoms with E-state index in [1.54, 1.807) is 0 Å². The van der Waals surface area contributed by atoms with Crippen LogP contribution in [-0.2, 0) is 12.8 Å². The maximum Gasteiger partial charge on any atom is 0.122 e. The summed E-state index contributed by atoms with van der Waals surface area (Å²) in [6.07, 6.45) is 3.32. The van der Waals surface area contributed by atoms with E-state index in [9.17, 15) is 0 Å². The number of nitrogens with zero attached hydrogens (tertiary/aromatic N) is 1. The Balaban J connectivity index is 1.55. The van der Waals surface area contributed by atoms with Crippen LogP contribution in [0.2, 0.25) is 0 Å². The Hall–Kier alpha value is -0.730. The van der Waals surface area contributed by atoms with Gasteiger partial charge in [-0.25, -0.2) is 0 Å². The van der Waals surface area contributed by atoms with Crippen molar-refractivity contribution in [2.75, 3.05) is 26.2 Å². The van der Waals surface area contributed by atoms with Crippen LogP contribution in [0.5, 0.6) is 5.75 Å². The number of halogens is 1. The summed E-state index contributed by atoms with van der Waals surface area (Å²) in [5.41, 5.74) is 2.82. The molecule has 0 N–H and O–H groups in total. The molecule has 2 atom stereocenters. The van der Waals surface area contributed by atoms with Crippen LogP contribution in [0.3, 0.4) is 0 Å². The Labute approximate surface area is 120 Å². The molecule has 0 aliphatic carbocycles. The van der Waals surface area contributed by atoms with Crippen molar-refractivity contribution >= 4 is 11.6 Å². The highest BCUT2D eigenvalue weighted by Crippen LogP contribution is 2.26. The van der Waals surface area contributed by atoms with Crippen molar-refractivity contribution < 1.29 is 4.74 Å².